The average molecular weight is 370 g/mol. The van der Waals surface area contributed by atoms with E-state index in [9.17, 15) is 23.4 Å². The molecule has 0 atom stereocenters. The largest absolute Gasteiger partial charge is 0.508 e. The van der Waals surface area contributed by atoms with E-state index in [1.807, 2.05) is 13.0 Å². The first kappa shape index (κ1) is 17.9. The molecule has 1 aliphatic carbocycles. The molecule has 0 amide bonds. The summed E-state index contributed by atoms with van der Waals surface area (Å²) in [4.78, 5) is 11.5. The van der Waals surface area contributed by atoms with Gasteiger partial charge in [0, 0.05) is 6.26 Å². The van der Waals surface area contributed by atoms with Crippen LogP contribution in [0.3, 0.4) is 0 Å². The molecule has 3 rings (SSSR count). The zero-order chi connectivity index (χ0) is 19.1. The fourth-order valence-electron chi connectivity index (χ4n) is 3.13. The first-order valence-electron chi connectivity index (χ1n) is 7.94. The van der Waals surface area contributed by atoms with Crippen molar-refractivity contribution >= 4 is 33.0 Å². The highest BCUT2D eigenvalue weighted by Gasteiger charge is 2.25. The summed E-state index contributed by atoms with van der Waals surface area (Å²) in [5, 5.41) is 19.0. The number of phenolic OH excluding ortho intramolecular Hbond substituents is 1. The second kappa shape index (κ2) is 6.46. The van der Waals surface area contributed by atoms with Crippen molar-refractivity contribution in [2.45, 2.75) is 18.2 Å². The Morgan fingerprint density at radius 1 is 1.08 bits per heavy atom. The quantitative estimate of drug-likeness (QED) is 0.858. The van der Waals surface area contributed by atoms with Crippen molar-refractivity contribution in [3.8, 4) is 5.75 Å². The molecule has 0 bridgehead atoms. The Morgan fingerprint density at radius 2 is 1.73 bits per heavy atom. The standard InChI is InChI=1S/C20H18O5S/c1-12-17(9-13-3-6-15(7-4-13)26(2,24)25)16-8-5-14(21)10-19(16)18(12)11-20(22)23/h3-10,21H,11H2,1-2H3,(H,22,23)/b17-9+. The third kappa shape index (κ3) is 3.41. The molecular weight excluding hydrogens is 352 g/mol. The second-order valence-electron chi connectivity index (χ2n) is 6.30. The molecule has 0 heterocycles. The smallest absolute Gasteiger partial charge is 0.307 e. The third-order valence-corrected chi connectivity index (χ3v) is 5.55. The fraction of sp³-hybridized carbons (Fsp3) is 0.150. The Morgan fingerprint density at radius 3 is 2.31 bits per heavy atom. The molecule has 26 heavy (non-hydrogen) atoms. The van der Waals surface area contributed by atoms with E-state index in [4.69, 9.17) is 0 Å². The zero-order valence-corrected chi connectivity index (χ0v) is 15.2. The van der Waals surface area contributed by atoms with Gasteiger partial charge >= 0.3 is 5.97 Å². The summed E-state index contributed by atoms with van der Waals surface area (Å²) in [6.07, 6.45) is 2.92. The van der Waals surface area contributed by atoms with Crippen molar-refractivity contribution < 1.29 is 23.4 Å². The van der Waals surface area contributed by atoms with E-state index in [-0.39, 0.29) is 17.1 Å². The minimum Gasteiger partial charge on any atom is -0.508 e. The topological polar surface area (TPSA) is 91.7 Å². The van der Waals surface area contributed by atoms with Crippen molar-refractivity contribution in [2.75, 3.05) is 6.26 Å². The summed E-state index contributed by atoms with van der Waals surface area (Å²) in [6.45, 7) is 1.85. The van der Waals surface area contributed by atoms with E-state index >= 15 is 0 Å². The summed E-state index contributed by atoms with van der Waals surface area (Å²) in [5.74, 6) is -0.856. The van der Waals surface area contributed by atoms with Crippen LogP contribution < -0.4 is 0 Å². The van der Waals surface area contributed by atoms with Crippen molar-refractivity contribution in [3.05, 3.63) is 64.7 Å². The number of sulfone groups is 1. The number of benzene rings is 2. The molecule has 0 unspecified atom stereocenters. The maximum absolute atomic E-state index is 11.6. The minimum atomic E-state index is -3.26. The van der Waals surface area contributed by atoms with Crippen LogP contribution in [0.15, 0.2) is 52.9 Å². The van der Waals surface area contributed by atoms with Gasteiger partial charge in [0.2, 0.25) is 0 Å². The van der Waals surface area contributed by atoms with Gasteiger partial charge in [-0.15, -0.1) is 0 Å². The summed E-state index contributed by atoms with van der Waals surface area (Å²) in [7, 11) is -3.26. The van der Waals surface area contributed by atoms with Crippen LogP contribution in [-0.4, -0.2) is 30.9 Å². The number of allylic oxidation sites excluding steroid dienone is 2. The zero-order valence-electron chi connectivity index (χ0n) is 14.4. The van der Waals surface area contributed by atoms with Crippen LogP contribution in [0.4, 0.5) is 0 Å². The summed E-state index contributed by atoms with van der Waals surface area (Å²) in [6, 6.07) is 11.4. The highest BCUT2D eigenvalue weighted by molar-refractivity contribution is 7.90. The summed E-state index contributed by atoms with van der Waals surface area (Å²) in [5.41, 5.74) is 4.74. The van der Waals surface area contributed by atoms with Crippen LogP contribution in [0.2, 0.25) is 0 Å². The Bertz CT molecular complexity index is 1060. The number of aliphatic carboxylic acids is 1. The molecule has 0 aromatic heterocycles. The van der Waals surface area contributed by atoms with Gasteiger partial charge in [-0.2, -0.15) is 0 Å². The lowest BCUT2D eigenvalue weighted by Gasteiger charge is -2.05. The van der Waals surface area contributed by atoms with Gasteiger partial charge in [-0.25, -0.2) is 8.42 Å². The van der Waals surface area contributed by atoms with Gasteiger partial charge in [-0.05, 0) is 70.7 Å². The van der Waals surface area contributed by atoms with Crippen molar-refractivity contribution in [2.24, 2.45) is 0 Å². The number of hydrogen-bond donors (Lipinski definition) is 2. The van der Waals surface area contributed by atoms with E-state index in [0.29, 0.717) is 11.1 Å². The van der Waals surface area contributed by atoms with Crippen molar-refractivity contribution in [3.63, 3.8) is 0 Å². The average Bonchev–Trinajstić information content (AvgIpc) is 2.79. The monoisotopic (exact) mass is 370 g/mol. The number of rotatable bonds is 4. The normalized spacial score (nSPS) is 15.4. The summed E-state index contributed by atoms with van der Waals surface area (Å²) >= 11 is 0. The Balaban J connectivity index is 2.11. The molecule has 2 aromatic carbocycles. The Kier molecular flexibility index (Phi) is 4.46. The Hall–Kier alpha value is -2.86. The number of hydrogen-bond acceptors (Lipinski definition) is 4. The molecule has 0 spiro atoms. The van der Waals surface area contributed by atoms with Gasteiger partial charge in [0.15, 0.2) is 9.84 Å². The molecule has 6 heteroatoms. The molecular formula is C20H18O5S. The van der Waals surface area contributed by atoms with E-state index in [0.717, 1.165) is 28.5 Å². The SMILES string of the molecule is CC1=C(CC(=O)O)c2cc(O)ccc2/C1=C/c1ccc(S(C)(=O)=O)cc1. The van der Waals surface area contributed by atoms with Crippen LogP contribution in [-0.2, 0) is 14.6 Å². The second-order valence-corrected chi connectivity index (χ2v) is 8.32. The molecule has 2 aromatic rings. The van der Waals surface area contributed by atoms with Crippen LogP contribution in [0, 0.1) is 0 Å². The summed E-state index contributed by atoms with van der Waals surface area (Å²) < 4.78 is 23.2. The molecule has 0 aliphatic heterocycles. The van der Waals surface area contributed by atoms with Gasteiger partial charge in [-0.1, -0.05) is 18.2 Å². The number of phenols is 1. The van der Waals surface area contributed by atoms with E-state index in [1.54, 1.807) is 42.5 Å². The van der Waals surface area contributed by atoms with Crippen LogP contribution in [0.5, 0.6) is 5.75 Å². The number of fused-ring (bicyclic) bond motifs is 1. The van der Waals surface area contributed by atoms with E-state index in [2.05, 4.69) is 0 Å². The predicted molar refractivity (Wildman–Crippen MR) is 100 cm³/mol. The molecule has 0 radical (unpaired) electrons. The molecule has 0 saturated carbocycles. The van der Waals surface area contributed by atoms with Gasteiger partial charge < -0.3 is 10.2 Å². The van der Waals surface area contributed by atoms with Gasteiger partial charge in [-0.3, -0.25) is 4.79 Å². The van der Waals surface area contributed by atoms with Crippen molar-refractivity contribution in [1.29, 1.82) is 0 Å². The number of aromatic hydroxyl groups is 1. The maximum atomic E-state index is 11.6. The first-order valence-corrected chi connectivity index (χ1v) is 9.83. The molecule has 0 saturated heterocycles. The first-order chi connectivity index (χ1) is 12.2. The molecule has 5 nitrogen and oxygen atoms in total. The van der Waals surface area contributed by atoms with Gasteiger partial charge in [0.05, 0.1) is 11.3 Å². The van der Waals surface area contributed by atoms with Crippen LogP contribution in [0.1, 0.15) is 30.0 Å². The lowest BCUT2D eigenvalue weighted by Crippen LogP contribution is -1.96. The lowest BCUT2D eigenvalue weighted by atomic mass is 10.0. The van der Waals surface area contributed by atoms with Gasteiger partial charge in [0.1, 0.15) is 5.75 Å². The third-order valence-electron chi connectivity index (χ3n) is 4.42. The number of carbonyl (C=O) groups is 1. The van der Waals surface area contributed by atoms with Crippen LogP contribution >= 0.6 is 0 Å². The molecule has 2 N–H and O–H groups in total. The van der Waals surface area contributed by atoms with Crippen molar-refractivity contribution in [1.82, 2.24) is 0 Å². The highest BCUT2D eigenvalue weighted by atomic mass is 32.2. The maximum Gasteiger partial charge on any atom is 0.307 e. The lowest BCUT2D eigenvalue weighted by molar-refractivity contribution is -0.135. The number of carboxylic acid groups (broad SMARTS) is 1. The molecule has 1 aliphatic rings. The molecule has 0 fully saturated rings. The van der Waals surface area contributed by atoms with Crippen LogP contribution in [0.25, 0.3) is 17.2 Å². The molecule has 134 valence electrons. The van der Waals surface area contributed by atoms with Gasteiger partial charge in [0.25, 0.3) is 0 Å². The number of carboxylic acids is 1. The van der Waals surface area contributed by atoms with E-state index in [1.165, 1.54) is 0 Å². The highest BCUT2D eigenvalue weighted by Crippen LogP contribution is 2.44. The minimum absolute atomic E-state index is 0.0817. The fourth-order valence-corrected chi connectivity index (χ4v) is 3.76. The predicted octanol–water partition coefficient (Wildman–Crippen LogP) is 3.60. The Labute approximate surface area is 151 Å². The van der Waals surface area contributed by atoms with E-state index < -0.39 is 15.8 Å².